The maximum Gasteiger partial charge on any atom is 0.348 e. The monoisotopic (exact) mass is 513 g/mol. The number of rotatable bonds is 10. The van der Waals surface area contributed by atoms with Gasteiger partial charge in [0, 0.05) is 5.56 Å². The molecule has 194 valence electrons. The van der Waals surface area contributed by atoms with Gasteiger partial charge < -0.3 is 24.6 Å². The molecule has 1 amide bonds. The molecule has 1 atom stereocenters. The summed E-state index contributed by atoms with van der Waals surface area (Å²) in [6.07, 6.45) is -0.337. The van der Waals surface area contributed by atoms with E-state index in [1.807, 2.05) is 0 Å². The van der Waals surface area contributed by atoms with Gasteiger partial charge in [-0.1, -0.05) is 60.7 Å². The second-order valence-electron chi connectivity index (χ2n) is 8.36. The van der Waals surface area contributed by atoms with Crippen LogP contribution in [0.3, 0.4) is 0 Å². The summed E-state index contributed by atoms with van der Waals surface area (Å²) >= 11 is 0. The summed E-state index contributed by atoms with van der Waals surface area (Å²) in [6.45, 7) is 1.71. The number of carbonyl (C=O) groups is 2. The number of aliphatic carboxylic acids is 1. The normalized spacial score (nSPS) is 11.8. The van der Waals surface area contributed by atoms with Crippen molar-refractivity contribution in [3.8, 4) is 17.5 Å². The molecule has 3 aromatic carbocycles. The summed E-state index contributed by atoms with van der Waals surface area (Å²) in [6, 6.07) is 24.1. The molecule has 1 unspecified atom stereocenters. The minimum Gasteiger partial charge on any atom is -0.497 e. The Morgan fingerprint density at radius 2 is 1.45 bits per heavy atom. The third kappa shape index (κ3) is 5.27. The number of amides is 1. The standard InChI is InChI=1S/C29H27N3O6/c1-19-27(37-3)31-24(18-30-19)38-25(28(34)35)29(21-10-6-4-7-11-21,22-12-8-5-9-13-22)32-26(33)20-14-16-23(36-2)17-15-20/h4-18,25H,1-3H3,(H,32,33)(H,34,35). The van der Waals surface area contributed by atoms with Gasteiger partial charge in [-0.25, -0.2) is 4.79 Å². The molecule has 1 aromatic heterocycles. The Kier molecular flexibility index (Phi) is 7.86. The number of aromatic nitrogens is 2. The van der Waals surface area contributed by atoms with Gasteiger partial charge in [0.2, 0.25) is 17.9 Å². The first-order valence-electron chi connectivity index (χ1n) is 11.7. The number of hydrogen-bond donors (Lipinski definition) is 2. The van der Waals surface area contributed by atoms with Crippen LogP contribution >= 0.6 is 0 Å². The van der Waals surface area contributed by atoms with E-state index in [2.05, 4.69) is 15.3 Å². The largest absolute Gasteiger partial charge is 0.497 e. The molecule has 0 saturated heterocycles. The SMILES string of the molecule is COc1ccc(C(=O)NC(c2ccccc2)(c2ccccc2)C(Oc2cnc(C)c(OC)n2)C(=O)O)cc1. The second-order valence-corrected chi connectivity index (χ2v) is 8.36. The Morgan fingerprint density at radius 3 is 1.95 bits per heavy atom. The number of aryl methyl sites for hydroxylation is 1. The number of carboxylic acids is 1. The third-order valence-electron chi connectivity index (χ3n) is 6.06. The van der Waals surface area contributed by atoms with Crippen LogP contribution < -0.4 is 19.5 Å². The van der Waals surface area contributed by atoms with Crippen LogP contribution in [0.5, 0.6) is 17.5 Å². The van der Waals surface area contributed by atoms with Crippen molar-refractivity contribution >= 4 is 11.9 Å². The van der Waals surface area contributed by atoms with E-state index in [1.54, 1.807) is 91.9 Å². The Labute approximate surface area is 220 Å². The molecule has 9 heteroatoms. The topological polar surface area (TPSA) is 120 Å². The molecule has 0 aliphatic heterocycles. The lowest BCUT2D eigenvalue weighted by molar-refractivity contribution is -0.148. The van der Waals surface area contributed by atoms with Crippen molar-refractivity contribution in [2.24, 2.45) is 0 Å². The minimum absolute atomic E-state index is 0.0743. The lowest BCUT2D eigenvalue weighted by Crippen LogP contribution is -2.59. The fourth-order valence-corrected chi connectivity index (χ4v) is 4.19. The van der Waals surface area contributed by atoms with Gasteiger partial charge in [0.05, 0.1) is 26.1 Å². The van der Waals surface area contributed by atoms with Gasteiger partial charge in [-0.05, 0) is 42.3 Å². The predicted molar refractivity (Wildman–Crippen MR) is 139 cm³/mol. The van der Waals surface area contributed by atoms with Crippen molar-refractivity contribution in [3.63, 3.8) is 0 Å². The Balaban J connectivity index is 1.91. The maximum absolute atomic E-state index is 13.7. The minimum atomic E-state index is -1.68. The van der Waals surface area contributed by atoms with Crippen LogP contribution in [0.25, 0.3) is 0 Å². The van der Waals surface area contributed by atoms with Crippen molar-refractivity contribution in [3.05, 3.63) is 114 Å². The van der Waals surface area contributed by atoms with Gasteiger partial charge in [-0.3, -0.25) is 9.78 Å². The molecule has 38 heavy (non-hydrogen) atoms. The molecular formula is C29H27N3O6. The van der Waals surface area contributed by atoms with Gasteiger partial charge in [0.15, 0.2) is 0 Å². The summed E-state index contributed by atoms with van der Waals surface area (Å²) in [5.74, 6) is -1.14. The third-order valence-corrected chi connectivity index (χ3v) is 6.06. The van der Waals surface area contributed by atoms with E-state index in [4.69, 9.17) is 14.2 Å². The zero-order valence-electron chi connectivity index (χ0n) is 21.1. The molecule has 2 N–H and O–H groups in total. The van der Waals surface area contributed by atoms with Gasteiger partial charge in [-0.2, -0.15) is 4.98 Å². The van der Waals surface area contributed by atoms with Crippen molar-refractivity contribution in [1.82, 2.24) is 15.3 Å². The molecule has 0 fully saturated rings. The zero-order chi connectivity index (χ0) is 27.1. The van der Waals surface area contributed by atoms with Crippen LogP contribution in [0.1, 0.15) is 27.2 Å². The van der Waals surface area contributed by atoms with Gasteiger partial charge in [0.1, 0.15) is 11.3 Å². The molecule has 4 aromatic rings. The van der Waals surface area contributed by atoms with E-state index in [9.17, 15) is 14.7 Å². The Hall–Kier alpha value is -4.92. The van der Waals surface area contributed by atoms with Crippen molar-refractivity contribution < 1.29 is 28.9 Å². The lowest BCUT2D eigenvalue weighted by Gasteiger charge is -2.40. The van der Waals surface area contributed by atoms with E-state index in [1.165, 1.54) is 20.4 Å². The van der Waals surface area contributed by atoms with Crippen LogP contribution in [0, 0.1) is 6.92 Å². The molecule has 0 saturated carbocycles. The van der Waals surface area contributed by atoms with Gasteiger partial charge >= 0.3 is 5.97 Å². The summed E-state index contributed by atoms with van der Waals surface area (Å²) < 4.78 is 16.5. The van der Waals surface area contributed by atoms with E-state index in [0.29, 0.717) is 28.1 Å². The second kappa shape index (κ2) is 11.4. The predicted octanol–water partition coefficient (Wildman–Crippen LogP) is 4.01. The lowest BCUT2D eigenvalue weighted by atomic mass is 9.77. The highest BCUT2D eigenvalue weighted by atomic mass is 16.5. The van der Waals surface area contributed by atoms with Gasteiger partial charge in [-0.15, -0.1) is 0 Å². The first kappa shape index (κ1) is 26.2. The molecular weight excluding hydrogens is 486 g/mol. The molecule has 0 radical (unpaired) electrons. The van der Waals surface area contributed by atoms with Crippen molar-refractivity contribution in [2.75, 3.05) is 14.2 Å². The highest BCUT2D eigenvalue weighted by Gasteiger charge is 2.50. The average molecular weight is 514 g/mol. The Bertz CT molecular complexity index is 1360. The fraction of sp³-hybridized carbons (Fsp3) is 0.172. The summed E-state index contributed by atoms with van der Waals surface area (Å²) in [5.41, 5.74) is 0.130. The zero-order valence-corrected chi connectivity index (χ0v) is 21.1. The molecule has 0 spiro atoms. The molecule has 0 bridgehead atoms. The average Bonchev–Trinajstić information content (AvgIpc) is 2.96. The first-order valence-corrected chi connectivity index (χ1v) is 11.7. The smallest absolute Gasteiger partial charge is 0.348 e. The van der Waals surface area contributed by atoms with Crippen LogP contribution in [-0.4, -0.2) is 47.3 Å². The highest BCUT2D eigenvalue weighted by Crippen LogP contribution is 2.36. The molecule has 0 aliphatic carbocycles. The Morgan fingerprint density at radius 1 is 0.868 bits per heavy atom. The van der Waals surface area contributed by atoms with E-state index < -0.39 is 23.5 Å². The van der Waals surface area contributed by atoms with Crippen molar-refractivity contribution in [1.29, 1.82) is 0 Å². The molecule has 9 nitrogen and oxygen atoms in total. The maximum atomic E-state index is 13.7. The number of nitrogens with zero attached hydrogens (tertiary/aromatic N) is 2. The number of ether oxygens (including phenoxy) is 3. The number of methoxy groups -OCH3 is 2. The van der Waals surface area contributed by atoms with Crippen LogP contribution in [-0.2, 0) is 10.3 Å². The van der Waals surface area contributed by atoms with Crippen LogP contribution in [0.4, 0.5) is 0 Å². The summed E-state index contributed by atoms with van der Waals surface area (Å²) in [7, 11) is 2.96. The number of carbonyl (C=O) groups excluding carboxylic acids is 1. The number of nitrogens with one attached hydrogen (secondary N) is 1. The number of benzene rings is 3. The summed E-state index contributed by atoms with van der Waals surface area (Å²) in [4.78, 5) is 35.1. The molecule has 4 rings (SSSR count). The highest BCUT2D eigenvalue weighted by molar-refractivity contribution is 5.96. The molecule has 1 heterocycles. The van der Waals surface area contributed by atoms with E-state index in [-0.39, 0.29) is 11.8 Å². The van der Waals surface area contributed by atoms with Crippen LogP contribution in [0.15, 0.2) is 91.1 Å². The summed E-state index contributed by atoms with van der Waals surface area (Å²) in [5, 5.41) is 13.5. The number of carboxylic acid groups (broad SMARTS) is 1. The first-order chi connectivity index (χ1) is 18.4. The van der Waals surface area contributed by atoms with Gasteiger partial charge in [0.25, 0.3) is 5.91 Å². The molecule has 0 aliphatic rings. The quantitative estimate of drug-likeness (QED) is 0.326. The van der Waals surface area contributed by atoms with Crippen molar-refractivity contribution in [2.45, 2.75) is 18.6 Å². The fourth-order valence-electron chi connectivity index (χ4n) is 4.19. The van der Waals surface area contributed by atoms with Crippen LogP contribution in [0.2, 0.25) is 0 Å². The van der Waals surface area contributed by atoms with E-state index in [0.717, 1.165) is 0 Å². The number of hydrogen-bond acceptors (Lipinski definition) is 7. The van der Waals surface area contributed by atoms with E-state index >= 15 is 0 Å².